The van der Waals surface area contributed by atoms with Gasteiger partial charge in [-0.15, -0.1) is 12.4 Å². The SMILES string of the molecule is Cl.NCCC(=O)N1CCN(S(=O)(=O)c2c(Cl)cccc2Cl)CC1. The van der Waals surface area contributed by atoms with Crippen LogP contribution in [0.1, 0.15) is 6.42 Å². The zero-order valence-electron chi connectivity index (χ0n) is 12.2. The number of hydrogen-bond donors (Lipinski definition) is 1. The molecule has 0 radical (unpaired) electrons. The summed E-state index contributed by atoms with van der Waals surface area (Å²) in [5.41, 5.74) is 5.36. The summed E-state index contributed by atoms with van der Waals surface area (Å²) in [4.78, 5) is 13.3. The van der Waals surface area contributed by atoms with Crippen molar-refractivity contribution in [1.29, 1.82) is 0 Å². The van der Waals surface area contributed by atoms with Crippen LogP contribution in [0.5, 0.6) is 0 Å². The fourth-order valence-electron chi connectivity index (χ4n) is 2.32. The molecular weight excluding hydrogens is 385 g/mol. The molecule has 0 bridgehead atoms. The van der Waals surface area contributed by atoms with Crippen molar-refractivity contribution in [3.05, 3.63) is 28.2 Å². The molecule has 0 aliphatic carbocycles. The Labute approximate surface area is 152 Å². The topological polar surface area (TPSA) is 83.7 Å². The van der Waals surface area contributed by atoms with Gasteiger partial charge in [0.15, 0.2) is 0 Å². The largest absolute Gasteiger partial charge is 0.340 e. The predicted octanol–water partition coefficient (Wildman–Crippen LogP) is 1.60. The molecule has 1 aliphatic heterocycles. The number of hydrogen-bond acceptors (Lipinski definition) is 4. The Morgan fingerprint density at radius 2 is 1.65 bits per heavy atom. The minimum Gasteiger partial charge on any atom is -0.340 e. The van der Waals surface area contributed by atoms with Crippen LogP contribution in [-0.4, -0.2) is 56.3 Å². The van der Waals surface area contributed by atoms with Crippen molar-refractivity contribution in [3.63, 3.8) is 0 Å². The summed E-state index contributed by atoms with van der Waals surface area (Å²) in [6, 6.07) is 4.57. The summed E-state index contributed by atoms with van der Waals surface area (Å²) in [7, 11) is -3.78. The lowest BCUT2D eigenvalue weighted by molar-refractivity contribution is -0.132. The highest BCUT2D eigenvalue weighted by Crippen LogP contribution is 2.31. The standard InChI is InChI=1S/C13H17Cl2N3O3S.ClH/c14-10-2-1-3-11(15)13(10)22(20,21)18-8-6-17(7-9-18)12(19)4-5-16;/h1-3H,4-9,16H2;1H. The van der Waals surface area contributed by atoms with E-state index in [1.807, 2.05) is 0 Å². The Kier molecular flexibility index (Phi) is 7.57. The molecular formula is C13H18Cl3N3O3S. The van der Waals surface area contributed by atoms with E-state index in [0.717, 1.165) is 0 Å². The number of piperazine rings is 1. The normalized spacial score (nSPS) is 16.0. The van der Waals surface area contributed by atoms with Gasteiger partial charge in [0, 0.05) is 39.1 Å². The molecule has 1 aliphatic rings. The highest BCUT2D eigenvalue weighted by atomic mass is 35.5. The lowest BCUT2D eigenvalue weighted by Crippen LogP contribution is -2.50. The number of benzene rings is 1. The highest BCUT2D eigenvalue weighted by Gasteiger charge is 2.32. The van der Waals surface area contributed by atoms with E-state index < -0.39 is 10.0 Å². The monoisotopic (exact) mass is 401 g/mol. The molecule has 0 unspecified atom stereocenters. The first-order valence-corrected chi connectivity index (χ1v) is 8.99. The van der Waals surface area contributed by atoms with Gasteiger partial charge in [0.25, 0.3) is 0 Å². The minimum atomic E-state index is -3.78. The molecule has 2 rings (SSSR count). The maximum atomic E-state index is 12.7. The predicted molar refractivity (Wildman–Crippen MR) is 92.7 cm³/mol. The smallest absolute Gasteiger partial charge is 0.246 e. The van der Waals surface area contributed by atoms with Crippen LogP contribution in [0.3, 0.4) is 0 Å². The van der Waals surface area contributed by atoms with E-state index in [9.17, 15) is 13.2 Å². The van der Waals surface area contributed by atoms with Crippen LogP contribution in [0, 0.1) is 0 Å². The number of amides is 1. The molecule has 1 aromatic carbocycles. The Morgan fingerprint density at radius 3 is 2.13 bits per heavy atom. The second kappa shape index (κ2) is 8.50. The molecule has 0 spiro atoms. The number of carbonyl (C=O) groups is 1. The van der Waals surface area contributed by atoms with Crippen molar-refractivity contribution in [3.8, 4) is 0 Å². The third-order valence-corrected chi connectivity index (χ3v) is 6.32. The average molecular weight is 403 g/mol. The van der Waals surface area contributed by atoms with Crippen LogP contribution >= 0.6 is 35.6 Å². The van der Waals surface area contributed by atoms with Crippen LogP contribution in [0.4, 0.5) is 0 Å². The second-order valence-corrected chi connectivity index (χ2v) is 7.56. The molecule has 0 atom stereocenters. The zero-order valence-corrected chi connectivity index (χ0v) is 15.4. The van der Waals surface area contributed by atoms with Crippen molar-refractivity contribution in [2.45, 2.75) is 11.3 Å². The van der Waals surface area contributed by atoms with E-state index in [2.05, 4.69) is 0 Å². The van der Waals surface area contributed by atoms with Gasteiger partial charge in [-0.3, -0.25) is 4.79 Å². The molecule has 1 fully saturated rings. The average Bonchev–Trinajstić information content (AvgIpc) is 2.47. The molecule has 23 heavy (non-hydrogen) atoms. The van der Waals surface area contributed by atoms with Gasteiger partial charge in [-0.25, -0.2) is 8.42 Å². The quantitative estimate of drug-likeness (QED) is 0.829. The molecule has 6 nitrogen and oxygen atoms in total. The lowest BCUT2D eigenvalue weighted by Gasteiger charge is -2.34. The molecule has 1 aromatic rings. The van der Waals surface area contributed by atoms with Gasteiger partial charge in [0.1, 0.15) is 4.90 Å². The molecule has 1 saturated heterocycles. The summed E-state index contributed by atoms with van der Waals surface area (Å²) in [6.45, 7) is 1.37. The van der Waals surface area contributed by atoms with Crippen LogP contribution in [0.25, 0.3) is 0 Å². The van der Waals surface area contributed by atoms with E-state index in [0.29, 0.717) is 13.1 Å². The Morgan fingerprint density at radius 1 is 1.13 bits per heavy atom. The van der Waals surface area contributed by atoms with E-state index in [-0.39, 0.29) is 59.3 Å². The molecule has 1 amide bonds. The fraction of sp³-hybridized carbons (Fsp3) is 0.462. The van der Waals surface area contributed by atoms with Crippen LogP contribution < -0.4 is 5.73 Å². The van der Waals surface area contributed by atoms with Crippen molar-refractivity contribution < 1.29 is 13.2 Å². The van der Waals surface area contributed by atoms with Gasteiger partial charge in [-0.05, 0) is 12.1 Å². The van der Waals surface area contributed by atoms with Crippen LogP contribution in [0.2, 0.25) is 10.0 Å². The lowest BCUT2D eigenvalue weighted by atomic mass is 10.3. The number of nitrogens with zero attached hydrogens (tertiary/aromatic N) is 2. The number of carbonyl (C=O) groups excluding carboxylic acids is 1. The molecule has 0 saturated carbocycles. The number of nitrogens with two attached hydrogens (primary N) is 1. The highest BCUT2D eigenvalue weighted by molar-refractivity contribution is 7.89. The first kappa shape index (κ1) is 20.5. The Hall–Kier alpha value is -0.570. The Bertz CT molecular complexity index is 641. The van der Waals surface area contributed by atoms with Crippen molar-refractivity contribution in [2.75, 3.05) is 32.7 Å². The number of sulfonamides is 1. The zero-order chi connectivity index (χ0) is 16.3. The Balaban J connectivity index is 0.00000264. The minimum absolute atomic E-state index is 0. The van der Waals surface area contributed by atoms with E-state index >= 15 is 0 Å². The third-order valence-electron chi connectivity index (χ3n) is 3.47. The van der Waals surface area contributed by atoms with Crippen molar-refractivity contribution in [1.82, 2.24) is 9.21 Å². The van der Waals surface area contributed by atoms with Crippen molar-refractivity contribution >= 4 is 51.5 Å². The molecule has 2 N–H and O–H groups in total. The van der Waals surface area contributed by atoms with E-state index in [4.69, 9.17) is 28.9 Å². The fourth-order valence-corrected chi connectivity index (χ4v) is 4.83. The van der Waals surface area contributed by atoms with Gasteiger partial charge in [0.2, 0.25) is 15.9 Å². The molecule has 10 heteroatoms. The van der Waals surface area contributed by atoms with Gasteiger partial charge < -0.3 is 10.6 Å². The number of halogens is 3. The van der Waals surface area contributed by atoms with Gasteiger partial charge in [0.05, 0.1) is 10.0 Å². The first-order valence-electron chi connectivity index (χ1n) is 6.80. The molecule has 0 aromatic heterocycles. The van der Waals surface area contributed by atoms with Gasteiger partial charge >= 0.3 is 0 Å². The summed E-state index contributed by atoms with van der Waals surface area (Å²) < 4.78 is 26.6. The van der Waals surface area contributed by atoms with Crippen LogP contribution in [-0.2, 0) is 14.8 Å². The van der Waals surface area contributed by atoms with Crippen LogP contribution in [0.15, 0.2) is 23.1 Å². The second-order valence-electron chi connectivity index (χ2n) is 4.87. The van der Waals surface area contributed by atoms with E-state index in [1.165, 1.54) is 16.4 Å². The van der Waals surface area contributed by atoms with Gasteiger partial charge in [-0.1, -0.05) is 29.3 Å². The summed E-state index contributed by atoms with van der Waals surface area (Å²) in [6.07, 6.45) is 0.267. The summed E-state index contributed by atoms with van der Waals surface area (Å²) >= 11 is 12.0. The van der Waals surface area contributed by atoms with Gasteiger partial charge in [-0.2, -0.15) is 4.31 Å². The van der Waals surface area contributed by atoms with Crippen molar-refractivity contribution in [2.24, 2.45) is 5.73 Å². The first-order chi connectivity index (χ1) is 10.4. The maximum Gasteiger partial charge on any atom is 0.246 e. The molecule has 1 heterocycles. The molecule has 130 valence electrons. The number of rotatable bonds is 4. The van der Waals surface area contributed by atoms with E-state index in [1.54, 1.807) is 11.0 Å². The summed E-state index contributed by atoms with van der Waals surface area (Å²) in [5.74, 6) is -0.0599. The third kappa shape index (κ3) is 4.49. The summed E-state index contributed by atoms with van der Waals surface area (Å²) in [5, 5.41) is 0.184. The maximum absolute atomic E-state index is 12.7.